The van der Waals surface area contributed by atoms with E-state index < -0.39 is 0 Å². The molecule has 0 spiro atoms. The van der Waals surface area contributed by atoms with Crippen LogP contribution < -0.4 is 5.32 Å². The van der Waals surface area contributed by atoms with Crippen molar-refractivity contribution in [2.75, 3.05) is 6.54 Å². The Bertz CT molecular complexity index is 633. The lowest BCUT2D eigenvalue weighted by Crippen LogP contribution is -2.33. The number of rotatable bonds is 0. The minimum atomic E-state index is 0.355. The molecule has 2 aliphatic rings. The summed E-state index contributed by atoms with van der Waals surface area (Å²) in [5.41, 5.74) is 6.73. The van der Waals surface area contributed by atoms with Crippen molar-refractivity contribution in [3.05, 3.63) is 53.1 Å². The molecule has 0 aromatic heterocycles. The van der Waals surface area contributed by atoms with E-state index in [2.05, 4.69) is 29.6 Å². The van der Waals surface area contributed by atoms with Crippen molar-refractivity contribution in [2.45, 2.75) is 18.9 Å². The third kappa shape index (κ3) is 1.33. The summed E-state index contributed by atoms with van der Waals surface area (Å²) in [4.78, 5) is 0. The molecule has 2 N–H and O–H groups in total. The first-order chi connectivity index (χ1) is 8.83. The first-order valence-corrected chi connectivity index (χ1v) is 6.50. The molecule has 0 saturated carbocycles. The Morgan fingerprint density at radius 3 is 2.94 bits per heavy atom. The minimum absolute atomic E-state index is 0.355. The van der Waals surface area contributed by atoms with E-state index in [1.54, 1.807) is 6.07 Å². The van der Waals surface area contributed by atoms with E-state index in [0.29, 0.717) is 11.8 Å². The number of hydrogen-bond acceptors (Lipinski definition) is 2. The summed E-state index contributed by atoms with van der Waals surface area (Å²) in [6.07, 6.45) is 2.13. The summed E-state index contributed by atoms with van der Waals surface area (Å²) in [7, 11) is 0. The molecule has 0 saturated heterocycles. The average Bonchev–Trinajstić information content (AvgIpc) is 2.40. The molecule has 1 atom stereocenters. The predicted molar refractivity (Wildman–Crippen MR) is 71.7 cm³/mol. The summed E-state index contributed by atoms with van der Waals surface area (Å²) in [5.74, 6) is 0.355. The van der Waals surface area contributed by atoms with Gasteiger partial charge in [-0.3, -0.25) is 0 Å². The Kier molecular flexibility index (Phi) is 2.03. The lowest BCUT2D eigenvalue weighted by Gasteiger charge is -2.34. The summed E-state index contributed by atoms with van der Waals surface area (Å²) in [6.45, 7) is 1.06. The maximum absolute atomic E-state index is 9.70. The molecule has 2 heteroatoms. The lowest BCUT2D eigenvalue weighted by atomic mass is 9.78. The molecule has 18 heavy (non-hydrogen) atoms. The van der Waals surface area contributed by atoms with Gasteiger partial charge in [-0.1, -0.05) is 24.3 Å². The lowest BCUT2D eigenvalue weighted by molar-refractivity contribution is 0.473. The smallest absolute Gasteiger partial charge is 0.116 e. The number of nitrogens with one attached hydrogen (secondary N) is 1. The number of phenolic OH excluding ortho intramolecular Hbond substituents is 1. The van der Waals surface area contributed by atoms with Gasteiger partial charge >= 0.3 is 0 Å². The van der Waals surface area contributed by atoms with Crippen LogP contribution in [0.15, 0.2) is 36.4 Å². The Morgan fingerprint density at radius 1 is 1.06 bits per heavy atom. The van der Waals surface area contributed by atoms with Crippen molar-refractivity contribution >= 4 is 0 Å². The van der Waals surface area contributed by atoms with Gasteiger partial charge < -0.3 is 10.4 Å². The first-order valence-electron chi connectivity index (χ1n) is 6.50. The Morgan fingerprint density at radius 2 is 2.00 bits per heavy atom. The van der Waals surface area contributed by atoms with Crippen LogP contribution in [-0.2, 0) is 12.8 Å². The third-order valence-corrected chi connectivity index (χ3v) is 4.14. The molecule has 1 heterocycles. The summed E-state index contributed by atoms with van der Waals surface area (Å²) < 4.78 is 0. The van der Waals surface area contributed by atoms with Crippen LogP contribution in [0.25, 0.3) is 11.1 Å². The van der Waals surface area contributed by atoms with Crippen LogP contribution in [0.3, 0.4) is 0 Å². The molecule has 0 fully saturated rings. The molecule has 4 rings (SSSR count). The van der Waals surface area contributed by atoms with Crippen LogP contribution in [0.5, 0.6) is 5.75 Å². The van der Waals surface area contributed by atoms with Crippen molar-refractivity contribution in [1.82, 2.24) is 5.32 Å². The fourth-order valence-electron chi connectivity index (χ4n) is 3.35. The molecule has 2 aromatic rings. The molecular formula is C16H15NO. The molecule has 0 bridgehead atoms. The van der Waals surface area contributed by atoms with Crippen molar-refractivity contribution in [2.24, 2.45) is 0 Å². The molecule has 0 amide bonds. The van der Waals surface area contributed by atoms with Crippen molar-refractivity contribution in [1.29, 1.82) is 0 Å². The molecule has 0 radical (unpaired) electrons. The van der Waals surface area contributed by atoms with Gasteiger partial charge in [0.05, 0.1) is 0 Å². The van der Waals surface area contributed by atoms with E-state index in [-0.39, 0.29) is 0 Å². The summed E-state index contributed by atoms with van der Waals surface area (Å²) >= 11 is 0. The quantitative estimate of drug-likeness (QED) is 0.738. The van der Waals surface area contributed by atoms with E-state index >= 15 is 0 Å². The van der Waals surface area contributed by atoms with Gasteiger partial charge in [0.1, 0.15) is 5.75 Å². The monoisotopic (exact) mass is 237 g/mol. The molecule has 1 aliphatic heterocycles. The van der Waals surface area contributed by atoms with Gasteiger partial charge in [0.2, 0.25) is 0 Å². The van der Waals surface area contributed by atoms with Gasteiger partial charge in [-0.25, -0.2) is 0 Å². The summed E-state index contributed by atoms with van der Waals surface area (Å²) in [5, 5.41) is 13.3. The zero-order chi connectivity index (χ0) is 12.1. The van der Waals surface area contributed by atoms with Crippen LogP contribution in [0.1, 0.15) is 22.7 Å². The number of hydrogen-bond donors (Lipinski definition) is 2. The van der Waals surface area contributed by atoms with Gasteiger partial charge in [0.25, 0.3) is 0 Å². The normalized spacial score (nSPS) is 20.1. The van der Waals surface area contributed by atoms with E-state index in [1.165, 1.54) is 27.8 Å². The van der Waals surface area contributed by atoms with Gasteiger partial charge in [-0.2, -0.15) is 0 Å². The number of phenols is 1. The molecule has 1 aliphatic carbocycles. The van der Waals surface area contributed by atoms with Crippen molar-refractivity contribution in [3.8, 4) is 16.9 Å². The highest BCUT2D eigenvalue weighted by molar-refractivity contribution is 5.76. The third-order valence-electron chi connectivity index (χ3n) is 4.14. The van der Waals surface area contributed by atoms with Crippen molar-refractivity contribution < 1.29 is 5.11 Å². The molecular weight excluding hydrogens is 222 g/mol. The maximum Gasteiger partial charge on any atom is 0.116 e. The van der Waals surface area contributed by atoms with Crippen molar-refractivity contribution in [3.63, 3.8) is 0 Å². The molecule has 2 nitrogen and oxygen atoms in total. The Labute approximate surface area is 106 Å². The van der Waals surface area contributed by atoms with Crippen LogP contribution >= 0.6 is 0 Å². The number of benzene rings is 2. The zero-order valence-electron chi connectivity index (χ0n) is 10.1. The highest BCUT2D eigenvalue weighted by Gasteiger charge is 2.28. The highest BCUT2D eigenvalue weighted by Crippen LogP contribution is 2.42. The second-order valence-electron chi connectivity index (χ2n) is 5.18. The van der Waals surface area contributed by atoms with E-state index in [4.69, 9.17) is 0 Å². The fraction of sp³-hybridized carbons (Fsp3) is 0.250. The molecule has 1 unspecified atom stereocenters. The maximum atomic E-state index is 9.70. The van der Waals surface area contributed by atoms with Gasteiger partial charge in [0, 0.05) is 6.04 Å². The van der Waals surface area contributed by atoms with E-state index in [1.807, 2.05) is 6.07 Å². The highest BCUT2D eigenvalue weighted by atomic mass is 16.3. The van der Waals surface area contributed by atoms with Gasteiger partial charge in [-0.05, 0) is 59.3 Å². The number of aromatic hydroxyl groups is 1. The molecule has 90 valence electrons. The SMILES string of the molecule is Oc1ccc2c(c1)-c1cccc3c1C(C2)NCC3. The fourth-order valence-corrected chi connectivity index (χ4v) is 3.35. The van der Waals surface area contributed by atoms with Gasteiger partial charge in [0.15, 0.2) is 0 Å². The standard InChI is InChI=1S/C16H15NO/c18-12-5-4-11-8-15-16-10(6-7-17-15)2-1-3-13(16)14(11)9-12/h1-5,9,15,17-18H,6-8H2. The second kappa shape index (κ2) is 3.59. The number of fused-ring (bicyclic) bond motifs is 2. The Balaban J connectivity index is 2.03. The average molecular weight is 237 g/mol. The molecule has 2 aromatic carbocycles. The first kappa shape index (κ1) is 10.2. The Hall–Kier alpha value is -1.80. The van der Waals surface area contributed by atoms with Crippen LogP contribution in [0.4, 0.5) is 0 Å². The topological polar surface area (TPSA) is 32.3 Å². The van der Waals surface area contributed by atoms with Crippen LogP contribution in [0.2, 0.25) is 0 Å². The van der Waals surface area contributed by atoms with E-state index in [9.17, 15) is 5.11 Å². The largest absolute Gasteiger partial charge is 0.508 e. The minimum Gasteiger partial charge on any atom is -0.508 e. The zero-order valence-corrected chi connectivity index (χ0v) is 10.1. The second-order valence-corrected chi connectivity index (χ2v) is 5.18. The van der Waals surface area contributed by atoms with Gasteiger partial charge in [-0.15, -0.1) is 0 Å². The van der Waals surface area contributed by atoms with Crippen LogP contribution in [-0.4, -0.2) is 11.7 Å². The predicted octanol–water partition coefficient (Wildman–Crippen LogP) is 2.80. The summed E-state index contributed by atoms with van der Waals surface area (Å²) in [6, 6.07) is 12.7. The van der Waals surface area contributed by atoms with E-state index in [0.717, 1.165) is 19.4 Å². The van der Waals surface area contributed by atoms with Crippen LogP contribution in [0, 0.1) is 0 Å².